The fourth-order valence-electron chi connectivity index (χ4n) is 4.10. The summed E-state index contributed by atoms with van der Waals surface area (Å²) < 4.78 is 16.2. The van der Waals surface area contributed by atoms with E-state index in [-0.39, 0.29) is 5.92 Å². The van der Waals surface area contributed by atoms with Crippen molar-refractivity contribution in [3.05, 3.63) is 35.9 Å². The fourth-order valence-corrected chi connectivity index (χ4v) is 4.10. The zero-order chi connectivity index (χ0) is 18.2. The highest BCUT2D eigenvalue weighted by Gasteiger charge is 2.40. The van der Waals surface area contributed by atoms with E-state index in [2.05, 4.69) is 35.2 Å². The Hall–Kier alpha value is -1.27. The van der Waals surface area contributed by atoms with E-state index in [4.69, 9.17) is 14.2 Å². The van der Waals surface area contributed by atoms with Crippen LogP contribution in [-0.4, -0.2) is 62.9 Å². The van der Waals surface area contributed by atoms with Gasteiger partial charge in [-0.1, -0.05) is 30.3 Å². The minimum Gasteiger partial charge on any atom is -0.382 e. The van der Waals surface area contributed by atoms with Crippen molar-refractivity contribution in [1.29, 1.82) is 0 Å². The molecular formula is C21H31NO4. The van der Waals surface area contributed by atoms with Crippen molar-refractivity contribution in [2.24, 2.45) is 5.92 Å². The second-order valence-electron chi connectivity index (χ2n) is 7.35. The van der Waals surface area contributed by atoms with Gasteiger partial charge in [-0.25, -0.2) is 0 Å². The molecule has 0 aliphatic carbocycles. The van der Waals surface area contributed by atoms with Crippen LogP contribution in [0.2, 0.25) is 0 Å². The molecule has 5 heteroatoms. The van der Waals surface area contributed by atoms with Crippen molar-refractivity contribution < 1.29 is 19.0 Å². The van der Waals surface area contributed by atoms with Gasteiger partial charge >= 0.3 is 0 Å². The van der Waals surface area contributed by atoms with Crippen LogP contribution in [0.15, 0.2) is 30.3 Å². The molecule has 2 atom stereocenters. The van der Waals surface area contributed by atoms with Gasteiger partial charge in [-0.05, 0) is 24.8 Å². The number of carbonyl (C=O) groups is 1. The first-order chi connectivity index (χ1) is 12.8. The molecule has 3 rings (SSSR count). The molecule has 2 heterocycles. The number of fused-ring (bicyclic) bond motifs is 2. The third kappa shape index (κ3) is 5.36. The summed E-state index contributed by atoms with van der Waals surface area (Å²) in [5.74, 6) is 0.580. The van der Waals surface area contributed by atoms with Crippen LogP contribution in [0.25, 0.3) is 0 Å². The molecule has 2 aliphatic heterocycles. The molecule has 2 aliphatic rings. The van der Waals surface area contributed by atoms with E-state index in [0.717, 1.165) is 39.0 Å². The highest BCUT2D eigenvalue weighted by molar-refractivity contribution is 5.81. The lowest BCUT2D eigenvalue weighted by Gasteiger charge is -2.48. The van der Waals surface area contributed by atoms with Gasteiger partial charge in [0.15, 0.2) is 0 Å². The summed E-state index contributed by atoms with van der Waals surface area (Å²) in [5.41, 5.74) is 1.34. The first-order valence-corrected chi connectivity index (χ1v) is 9.74. The van der Waals surface area contributed by atoms with E-state index < -0.39 is 0 Å². The largest absolute Gasteiger partial charge is 0.382 e. The lowest BCUT2D eigenvalue weighted by atomic mass is 9.81. The molecular weight excluding hydrogens is 330 g/mol. The average molecular weight is 361 g/mol. The summed E-state index contributed by atoms with van der Waals surface area (Å²) in [6.45, 7) is 4.29. The summed E-state index contributed by atoms with van der Waals surface area (Å²) >= 11 is 0. The van der Waals surface area contributed by atoms with Gasteiger partial charge in [0.2, 0.25) is 0 Å². The summed E-state index contributed by atoms with van der Waals surface area (Å²) in [4.78, 5) is 15.2. The molecule has 0 N–H and O–H groups in total. The molecule has 26 heavy (non-hydrogen) atoms. The lowest BCUT2D eigenvalue weighted by Crippen LogP contribution is -2.57. The summed E-state index contributed by atoms with van der Waals surface area (Å²) in [6.07, 6.45) is 3.27. The molecule has 1 aromatic rings. The number of ether oxygens (including phenoxy) is 3. The maximum Gasteiger partial charge on any atom is 0.136 e. The minimum absolute atomic E-state index is 0.180. The van der Waals surface area contributed by atoms with Gasteiger partial charge in [-0.3, -0.25) is 9.69 Å². The molecule has 0 spiro atoms. The minimum atomic E-state index is 0.180. The van der Waals surface area contributed by atoms with E-state index >= 15 is 0 Å². The summed E-state index contributed by atoms with van der Waals surface area (Å²) in [5, 5.41) is 0. The van der Waals surface area contributed by atoms with Crippen LogP contribution < -0.4 is 0 Å². The maximum absolute atomic E-state index is 12.6. The molecule has 2 saturated heterocycles. The average Bonchev–Trinajstić information content (AvgIpc) is 2.65. The van der Waals surface area contributed by atoms with Gasteiger partial charge in [0.25, 0.3) is 0 Å². The maximum atomic E-state index is 12.6. The van der Waals surface area contributed by atoms with E-state index in [0.29, 0.717) is 44.1 Å². The number of hydrogen-bond donors (Lipinski definition) is 0. The Bertz CT molecular complexity index is 536. The molecule has 0 radical (unpaired) electrons. The predicted molar refractivity (Wildman–Crippen MR) is 100 cm³/mol. The van der Waals surface area contributed by atoms with Gasteiger partial charge in [-0.15, -0.1) is 0 Å². The molecule has 5 nitrogen and oxygen atoms in total. The molecule has 144 valence electrons. The van der Waals surface area contributed by atoms with Gasteiger partial charge < -0.3 is 14.2 Å². The highest BCUT2D eigenvalue weighted by Crippen LogP contribution is 2.34. The number of rotatable bonds is 10. The van der Waals surface area contributed by atoms with Crippen molar-refractivity contribution in [3.63, 3.8) is 0 Å². The molecule has 2 fully saturated rings. The number of morpholine rings is 1. The second-order valence-corrected chi connectivity index (χ2v) is 7.35. The second kappa shape index (κ2) is 10.2. The Morgan fingerprint density at radius 1 is 1.12 bits per heavy atom. The van der Waals surface area contributed by atoms with Crippen LogP contribution >= 0.6 is 0 Å². The zero-order valence-corrected chi connectivity index (χ0v) is 15.8. The van der Waals surface area contributed by atoms with E-state index in [1.807, 2.05) is 0 Å². The van der Waals surface area contributed by atoms with Crippen LogP contribution in [0.3, 0.4) is 0 Å². The first-order valence-electron chi connectivity index (χ1n) is 9.74. The Morgan fingerprint density at radius 3 is 2.54 bits per heavy atom. The third-order valence-electron chi connectivity index (χ3n) is 5.48. The SMILES string of the molecule is COCCOCCCC(=O)C1CC2COCC(C1)N2Cc1ccccc1. The highest BCUT2D eigenvalue weighted by atomic mass is 16.5. The number of piperidine rings is 1. The van der Waals surface area contributed by atoms with Gasteiger partial charge in [0.1, 0.15) is 5.78 Å². The van der Waals surface area contributed by atoms with Gasteiger partial charge in [-0.2, -0.15) is 0 Å². The first kappa shape index (κ1) is 19.5. The Balaban J connectivity index is 1.47. The smallest absolute Gasteiger partial charge is 0.136 e. The Labute approximate surface area is 156 Å². The van der Waals surface area contributed by atoms with Crippen molar-refractivity contribution in [2.75, 3.05) is 40.1 Å². The van der Waals surface area contributed by atoms with E-state index in [1.54, 1.807) is 7.11 Å². The summed E-state index contributed by atoms with van der Waals surface area (Å²) in [7, 11) is 1.66. The number of carbonyl (C=O) groups excluding carboxylic acids is 1. The number of methoxy groups -OCH3 is 1. The number of Topliss-reactive ketones (excluding diaryl/α,β-unsaturated/α-hetero) is 1. The lowest BCUT2D eigenvalue weighted by molar-refractivity contribution is -0.133. The Kier molecular flexibility index (Phi) is 7.62. The van der Waals surface area contributed by atoms with Crippen molar-refractivity contribution in [1.82, 2.24) is 4.90 Å². The van der Waals surface area contributed by atoms with E-state index in [1.165, 1.54) is 5.56 Å². The standard InChI is InChI=1S/C21H31NO4/c1-24-10-11-25-9-5-8-21(23)18-12-19-15-26-16-20(13-18)22(19)14-17-6-3-2-4-7-17/h2-4,6-7,18-20H,5,8-16H2,1H3. The monoisotopic (exact) mass is 361 g/mol. The van der Waals surface area contributed by atoms with Crippen LogP contribution in [0.5, 0.6) is 0 Å². The molecule has 0 saturated carbocycles. The van der Waals surface area contributed by atoms with Crippen molar-refractivity contribution in [2.45, 2.75) is 44.3 Å². The van der Waals surface area contributed by atoms with Crippen LogP contribution in [-0.2, 0) is 25.5 Å². The van der Waals surface area contributed by atoms with E-state index in [9.17, 15) is 4.79 Å². The van der Waals surface area contributed by atoms with Gasteiger partial charge in [0, 0.05) is 44.7 Å². The Morgan fingerprint density at radius 2 is 1.85 bits per heavy atom. The quantitative estimate of drug-likeness (QED) is 0.600. The number of benzene rings is 1. The topological polar surface area (TPSA) is 48.0 Å². The molecule has 1 aromatic carbocycles. The fraction of sp³-hybridized carbons (Fsp3) is 0.667. The number of nitrogens with zero attached hydrogens (tertiary/aromatic N) is 1. The van der Waals surface area contributed by atoms with Crippen LogP contribution in [0, 0.1) is 5.92 Å². The van der Waals surface area contributed by atoms with Gasteiger partial charge in [0.05, 0.1) is 26.4 Å². The molecule has 2 bridgehead atoms. The normalized spacial score (nSPS) is 26.0. The summed E-state index contributed by atoms with van der Waals surface area (Å²) in [6, 6.07) is 11.3. The molecule has 2 unspecified atom stereocenters. The van der Waals surface area contributed by atoms with Crippen molar-refractivity contribution >= 4 is 5.78 Å². The third-order valence-corrected chi connectivity index (χ3v) is 5.48. The predicted octanol–water partition coefficient (Wildman–Crippen LogP) is 2.68. The molecule has 0 amide bonds. The van der Waals surface area contributed by atoms with Crippen LogP contribution in [0.4, 0.5) is 0 Å². The number of hydrogen-bond acceptors (Lipinski definition) is 5. The van der Waals surface area contributed by atoms with Crippen LogP contribution in [0.1, 0.15) is 31.2 Å². The zero-order valence-electron chi connectivity index (χ0n) is 15.8. The van der Waals surface area contributed by atoms with Crippen molar-refractivity contribution in [3.8, 4) is 0 Å². The molecule has 0 aromatic heterocycles. The number of ketones is 1.